The predicted octanol–water partition coefficient (Wildman–Crippen LogP) is 1.98. The molecule has 142 valence electrons. The quantitative estimate of drug-likeness (QED) is 0.723. The lowest BCUT2D eigenvalue weighted by Crippen LogP contribution is -2.54. The molecule has 1 aromatic carbocycles. The molecule has 1 aromatic rings. The molecule has 2 amide bonds. The SMILES string of the molecule is CCCN(CCC(=O)OC)C(=O)N1Cc2ccccc2CC1C(=O)OC. The third-order valence-electron chi connectivity index (χ3n) is 4.55. The Hall–Kier alpha value is -2.57. The number of amides is 2. The summed E-state index contributed by atoms with van der Waals surface area (Å²) in [4.78, 5) is 40.0. The largest absolute Gasteiger partial charge is 0.469 e. The Labute approximate surface area is 153 Å². The van der Waals surface area contributed by atoms with Gasteiger partial charge in [-0.25, -0.2) is 9.59 Å². The maximum Gasteiger partial charge on any atom is 0.329 e. The second-order valence-electron chi connectivity index (χ2n) is 6.24. The Morgan fingerprint density at radius 1 is 1.12 bits per heavy atom. The smallest absolute Gasteiger partial charge is 0.329 e. The molecule has 0 N–H and O–H groups in total. The topological polar surface area (TPSA) is 76.2 Å². The molecule has 0 bridgehead atoms. The van der Waals surface area contributed by atoms with E-state index in [2.05, 4.69) is 4.74 Å². The van der Waals surface area contributed by atoms with Gasteiger partial charge < -0.3 is 19.3 Å². The minimum Gasteiger partial charge on any atom is -0.469 e. The number of fused-ring (bicyclic) bond motifs is 1. The molecule has 0 aromatic heterocycles. The van der Waals surface area contributed by atoms with Crippen LogP contribution in [0.2, 0.25) is 0 Å². The molecule has 1 aliphatic rings. The fraction of sp³-hybridized carbons (Fsp3) is 0.526. The first kappa shape index (κ1) is 19.8. The predicted molar refractivity (Wildman–Crippen MR) is 95.4 cm³/mol. The molecular formula is C19H26N2O5. The summed E-state index contributed by atoms with van der Waals surface area (Å²) in [5.41, 5.74) is 2.06. The fourth-order valence-electron chi connectivity index (χ4n) is 3.15. The zero-order chi connectivity index (χ0) is 19.1. The van der Waals surface area contributed by atoms with E-state index in [1.807, 2.05) is 31.2 Å². The minimum absolute atomic E-state index is 0.121. The molecule has 0 aliphatic carbocycles. The van der Waals surface area contributed by atoms with Crippen LogP contribution in [-0.2, 0) is 32.0 Å². The third kappa shape index (κ3) is 4.53. The van der Waals surface area contributed by atoms with Crippen molar-refractivity contribution in [2.75, 3.05) is 27.3 Å². The van der Waals surface area contributed by atoms with Crippen LogP contribution in [0.15, 0.2) is 24.3 Å². The van der Waals surface area contributed by atoms with Crippen LogP contribution in [0, 0.1) is 0 Å². The summed E-state index contributed by atoms with van der Waals surface area (Å²) < 4.78 is 9.58. The average Bonchev–Trinajstić information content (AvgIpc) is 2.68. The first-order valence-electron chi connectivity index (χ1n) is 8.78. The number of carbonyl (C=O) groups is 3. The van der Waals surface area contributed by atoms with Crippen LogP contribution in [0.4, 0.5) is 4.79 Å². The van der Waals surface area contributed by atoms with Gasteiger partial charge in [-0.2, -0.15) is 0 Å². The lowest BCUT2D eigenvalue weighted by atomic mass is 9.94. The van der Waals surface area contributed by atoms with E-state index in [0.717, 1.165) is 17.5 Å². The van der Waals surface area contributed by atoms with Crippen LogP contribution in [0.3, 0.4) is 0 Å². The van der Waals surface area contributed by atoms with E-state index >= 15 is 0 Å². The van der Waals surface area contributed by atoms with Gasteiger partial charge in [-0.1, -0.05) is 31.2 Å². The zero-order valence-electron chi connectivity index (χ0n) is 15.6. The van der Waals surface area contributed by atoms with E-state index in [-0.39, 0.29) is 25.0 Å². The Balaban J connectivity index is 2.23. The molecule has 7 nitrogen and oxygen atoms in total. The van der Waals surface area contributed by atoms with Crippen molar-refractivity contribution in [3.8, 4) is 0 Å². The maximum absolute atomic E-state index is 13.1. The summed E-state index contributed by atoms with van der Waals surface area (Å²) in [5.74, 6) is -0.801. The van der Waals surface area contributed by atoms with Crippen molar-refractivity contribution in [3.05, 3.63) is 35.4 Å². The van der Waals surface area contributed by atoms with E-state index in [0.29, 0.717) is 19.5 Å². The molecule has 0 spiro atoms. The van der Waals surface area contributed by atoms with Gasteiger partial charge in [-0.15, -0.1) is 0 Å². The molecule has 2 rings (SSSR count). The van der Waals surface area contributed by atoms with Crippen molar-refractivity contribution in [2.24, 2.45) is 0 Å². The summed E-state index contributed by atoms with van der Waals surface area (Å²) in [5, 5.41) is 0. The number of rotatable bonds is 6. The molecule has 1 atom stereocenters. The van der Waals surface area contributed by atoms with Crippen molar-refractivity contribution < 1.29 is 23.9 Å². The highest BCUT2D eigenvalue weighted by atomic mass is 16.5. The van der Waals surface area contributed by atoms with Gasteiger partial charge in [0.2, 0.25) is 0 Å². The van der Waals surface area contributed by atoms with Gasteiger partial charge in [0.05, 0.1) is 20.6 Å². The van der Waals surface area contributed by atoms with E-state index in [9.17, 15) is 14.4 Å². The maximum atomic E-state index is 13.1. The van der Waals surface area contributed by atoms with Gasteiger partial charge in [0, 0.05) is 26.1 Å². The van der Waals surface area contributed by atoms with Crippen LogP contribution in [-0.4, -0.2) is 61.1 Å². The van der Waals surface area contributed by atoms with E-state index in [1.54, 1.807) is 9.80 Å². The molecule has 0 fully saturated rings. The number of hydrogen-bond acceptors (Lipinski definition) is 5. The molecular weight excluding hydrogens is 336 g/mol. The van der Waals surface area contributed by atoms with Gasteiger partial charge in [0.25, 0.3) is 0 Å². The lowest BCUT2D eigenvalue weighted by Gasteiger charge is -2.38. The summed E-state index contributed by atoms with van der Waals surface area (Å²) in [6, 6.07) is 6.84. The van der Waals surface area contributed by atoms with Gasteiger partial charge in [0.15, 0.2) is 0 Å². The minimum atomic E-state index is -0.667. The highest BCUT2D eigenvalue weighted by Gasteiger charge is 2.37. The number of urea groups is 1. The number of methoxy groups -OCH3 is 2. The van der Waals surface area contributed by atoms with Crippen LogP contribution in [0.25, 0.3) is 0 Å². The molecule has 0 radical (unpaired) electrons. The number of nitrogens with zero attached hydrogens (tertiary/aromatic N) is 2. The number of ether oxygens (including phenoxy) is 2. The molecule has 0 saturated heterocycles. The average molecular weight is 362 g/mol. The number of benzene rings is 1. The second-order valence-corrected chi connectivity index (χ2v) is 6.24. The second kappa shape index (κ2) is 9.22. The summed E-state index contributed by atoms with van der Waals surface area (Å²) in [6.45, 7) is 3.06. The number of hydrogen-bond donors (Lipinski definition) is 0. The molecule has 1 heterocycles. The highest BCUT2D eigenvalue weighted by Crippen LogP contribution is 2.25. The van der Waals surface area contributed by atoms with E-state index in [1.165, 1.54) is 14.2 Å². The third-order valence-corrected chi connectivity index (χ3v) is 4.55. The Morgan fingerprint density at radius 2 is 1.81 bits per heavy atom. The fourth-order valence-corrected chi connectivity index (χ4v) is 3.15. The molecule has 1 aliphatic heterocycles. The number of carbonyl (C=O) groups excluding carboxylic acids is 3. The molecule has 1 unspecified atom stereocenters. The summed E-state index contributed by atoms with van der Waals surface area (Å²) in [7, 11) is 2.65. The van der Waals surface area contributed by atoms with Crippen LogP contribution >= 0.6 is 0 Å². The van der Waals surface area contributed by atoms with Crippen molar-refractivity contribution in [3.63, 3.8) is 0 Å². The normalized spacial score (nSPS) is 15.8. The molecule has 26 heavy (non-hydrogen) atoms. The standard InChI is InChI=1S/C19H26N2O5/c1-4-10-20(11-9-17(22)25-2)19(24)21-13-15-8-6-5-7-14(15)12-16(21)18(23)26-3/h5-8,16H,4,9-13H2,1-3H3. The summed E-state index contributed by atoms with van der Waals surface area (Å²) >= 11 is 0. The van der Waals surface area contributed by atoms with Gasteiger partial charge >= 0.3 is 18.0 Å². The molecule has 0 saturated carbocycles. The summed E-state index contributed by atoms with van der Waals surface area (Å²) in [6.07, 6.45) is 1.29. The van der Waals surface area contributed by atoms with Crippen LogP contribution in [0.1, 0.15) is 30.9 Å². The first-order chi connectivity index (χ1) is 12.5. The molecule has 7 heteroatoms. The van der Waals surface area contributed by atoms with Crippen LogP contribution in [0.5, 0.6) is 0 Å². The van der Waals surface area contributed by atoms with Crippen molar-refractivity contribution in [1.82, 2.24) is 9.80 Å². The Bertz CT molecular complexity index is 661. The van der Waals surface area contributed by atoms with Crippen molar-refractivity contribution in [1.29, 1.82) is 0 Å². The zero-order valence-corrected chi connectivity index (χ0v) is 15.6. The Kier molecular flexibility index (Phi) is 7.00. The number of esters is 2. The Morgan fingerprint density at radius 3 is 2.42 bits per heavy atom. The monoisotopic (exact) mass is 362 g/mol. The first-order valence-corrected chi connectivity index (χ1v) is 8.78. The lowest BCUT2D eigenvalue weighted by molar-refractivity contribution is -0.147. The highest BCUT2D eigenvalue weighted by molar-refractivity contribution is 5.85. The van der Waals surface area contributed by atoms with Crippen LogP contribution < -0.4 is 0 Å². The van der Waals surface area contributed by atoms with Crippen molar-refractivity contribution in [2.45, 2.75) is 38.8 Å². The van der Waals surface area contributed by atoms with Crippen molar-refractivity contribution >= 4 is 18.0 Å². The van der Waals surface area contributed by atoms with Gasteiger partial charge in [0.1, 0.15) is 6.04 Å². The van der Waals surface area contributed by atoms with E-state index in [4.69, 9.17) is 4.74 Å². The van der Waals surface area contributed by atoms with E-state index < -0.39 is 12.0 Å². The van der Waals surface area contributed by atoms with Gasteiger partial charge in [-0.3, -0.25) is 4.79 Å². The van der Waals surface area contributed by atoms with Gasteiger partial charge in [-0.05, 0) is 17.5 Å².